The zero-order valence-corrected chi connectivity index (χ0v) is 6.79. The summed E-state index contributed by atoms with van der Waals surface area (Å²) in [7, 11) is 0. The van der Waals surface area contributed by atoms with Gasteiger partial charge in [0.25, 0.3) is 0 Å². The number of hydrogen-bond donors (Lipinski definition) is 0. The van der Waals surface area contributed by atoms with Crippen molar-refractivity contribution in [3.63, 3.8) is 0 Å². The molecule has 0 heteroatoms. The average molecular weight is 150 g/mol. The second-order valence-corrected chi connectivity index (χ2v) is 2.84. The molecule has 0 aromatic heterocycles. The number of benzene rings is 1. The van der Waals surface area contributed by atoms with Crippen molar-refractivity contribution in [2.24, 2.45) is 5.92 Å². The first-order chi connectivity index (χ1) is 6.36. The van der Waals surface area contributed by atoms with Crippen LogP contribution >= 0.6 is 0 Å². The molecule has 0 spiro atoms. The fourth-order valence-corrected chi connectivity index (χ4v) is 1.05. The Balaban J connectivity index is 2.46. The summed E-state index contributed by atoms with van der Waals surface area (Å²) in [6, 6.07) is 10.2. The molecule has 1 aromatic carbocycles. The van der Waals surface area contributed by atoms with E-state index in [0.717, 1.165) is 12.8 Å². The molecule has 0 heterocycles. The summed E-state index contributed by atoms with van der Waals surface area (Å²) in [6.45, 7) is 0.879. The van der Waals surface area contributed by atoms with Crippen LogP contribution in [-0.4, -0.2) is 0 Å². The van der Waals surface area contributed by atoms with E-state index in [-0.39, 0.29) is 0 Å². The van der Waals surface area contributed by atoms with Crippen LogP contribution in [0.3, 0.4) is 0 Å². The zero-order chi connectivity index (χ0) is 9.52. The summed E-state index contributed by atoms with van der Waals surface area (Å²) >= 11 is 0. The molecule has 0 fully saturated rings. The highest BCUT2D eigenvalue weighted by Gasteiger charge is 1.98. The lowest BCUT2D eigenvalue weighted by atomic mass is 9.99. The molecule has 1 aromatic rings. The average Bonchev–Trinajstić information content (AvgIpc) is 2.19. The monoisotopic (exact) mass is 150 g/mol. The van der Waals surface area contributed by atoms with Gasteiger partial charge in [-0.25, -0.2) is 0 Å². The van der Waals surface area contributed by atoms with E-state index in [1.54, 1.807) is 0 Å². The Kier molecular flexibility index (Phi) is 2.21. The van der Waals surface area contributed by atoms with Gasteiger partial charge in [0.05, 0.1) is 0 Å². The Morgan fingerprint density at radius 2 is 2.18 bits per heavy atom. The highest BCUT2D eigenvalue weighted by Crippen LogP contribution is 2.10. The molecular formula is C11H16. The number of hydrogen-bond acceptors (Lipinski definition) is 0. The normalized spacial score (nSPS) is 15.3. The molecule has 11 heavy (non-hydrogen) atoms. The van der Waals surface area contributed by atoms with Crippen molar-refractivity contribution in [3.05, 3.63) is 35.9 Å². The first kappa shape index (κ1) is 5.82. The van der Waals surface area contributed by atoms with Crippen molar-refractivity contribution < 1.29 is 2.74 Å². The van der Waals surface area contributed by atoms with E-state index in [1.807, 2.05) is 18.2 Å². The van der Waals surface area contributed by atoms with Crippen LogP contribution in [0.4, 0.5) is 0 Å². The van der Waals surface area contributed by atoms with Gasteiger partial charge in [0, 0.05) is 2.74 Å². The van der Waals surface area contributed by atoms with Gasteiger partial charge in [-0.15, -0.1) is 0 Å². The van der Waals surface area contributed by atoms with E-state index in [4.69, 9.17) is 2.74 Å². The van der Waals surface area contributed by atoms with Crippen LogP contribution in [0.15, 0.2) is 30.3 Å². The third-order valence-electron chi connectivity index (χ3n) is 1.78. The van der Waals surface area contributed by atoms with Crippen molar-refractivity contribution >= 4 is 0 Å². The standard InChI is InChI=1S/C11H16/c1-3-10(2)9-11-7-5-4-6-8-11/h4-8,10H,3,9H2,1-2H3/i1D,2D. The van der Waals surface area contributed by atoms with Crippen molar-refractivity contribution in [2.45, 2.75) is 26.6 Å². The van der Waals surface area contributed by atoms with Crippen LogP contribution in [0.1, 0.15) is 28.5 Å². The van der Waals surface area contributed by atoms with Crippen molar-refractivity contribution in [3.8, 4) is 0 Å². The predicted molar refractivity (Wildman–Crippen MR) is 49.6 cm³/mol. The molecule has 0 bridgehead atoms. The third-order valence-corrected chi connectivity index (χ3v) is 1.78. The minimum Gasteiger partial charge on any atom is -0.0651 e. The van der Waals surface area contributed by atoms with Gasteiger partial charge in [0.15, 0.2) is 0 Å². The van der Waals surface area contributed by atoms with Crippen molar-refractivity contribution in [1.82, 2.24) is 0 Å². The Labute approximate surface area is 72.1 Å². The summed E-state index contributed by atoms with van der Waals surface area (Å²) in [5.41, 5.74) is 1.29. The summed E-state index contributed by atoms with van der Waals surface area (Å²) < 4.78 is 14.4. The maximum Gasteiger partial charge on any atom is 0.0233 e. The van der Waals surface area contributed by atoms with E-state index in [1.165, 1.54) is 5.56 Å². The smallest absolute Gasteiger partial charge is 0.0233 e. The first-order valence-electron chi connectivity index (χ1n) is 5.40. The molecule has 0 radical (unpaired) electrons. The fourth-order valence-electron chi connectivity index (χ4n) is 1.05. The van der Waals surface area contributed by atoms with Gasteiger partial charge >= 0.3 is 0 Å². The van der Waals surface area contributed by atoms with Gasteiger partial charge in [0.2, 0.25) is 0 Å². The SMILES string of the molecule is [2H]CCC(C[2H])Cc1ccccc1. The van der Waals surface area contributed by atoms with Gasteiger partial charge in [-0.1, -0.05) is 50.6 Å². The summed E-state index contributed by atoms with van der Waals surface area (Å²) in [6.07, 6.45) is 1.79. The molecule has 0 aliphatic heterocycles. The fraction of sp³-hybridized carbons (Fsp3) is 0.455. The van der Waals surface area contributed by atoms with Crippen LogP contribution in [0.2, 0.25) is 0 Å². The van der Waals surface area contributed by atoms with E-state index >= 15 is 0 Å². The predicted octanol–water partition coefficient (Wildman–Crippen LogP) is 3.28. The Morgan fingerprint density at radius 1 is 1.36 bits per heavy atom. The topological polar surface area (TPSA) is 0 Å². The van der Waals surface area contributed by atoms with E-state index in [2.05, 4.69) is 12.1 Å². The van der Waals surface area contributed by atoms with Crippen molar-refractivity contribution in [2.75, 3.05) is 0 Å². The quantitative estimate of drug-likeness (QED) is 0.620. The summed E-state index contributed by atoms with van der Waals surface area (Å²) in [4.78, 5) is 0. The molecule has 0 aliphatic rings. The van der Waals surface area contributed by atoms with E-state index in [0.29, 0.717) is 19.7 Å². The zero-order valence-electron chi connectivity index (χ0n) is 8.79. The van der Waals surface area contributed by atoms with Gasteiger partial charge < -0.3 is 0 Å². The molecule has 0 saturated carbocycles. The molecule has 0 saturated heterocycles. The van der Waals surface area contributed by atoms with Crippen LogP contribution in [0.5, 0.6) is 0 Å². The van der Waals surface area contributed by atoms with Crippen LogP contribution < -0.4 is 0 Å². The van der Waals surface area contributed by atoms with E-state index in [9.17, 15) is 0 Å². The van der Waals surface area contributed by atoms with Gasteiger partial charge in [-0.05, 0) is 17.9 Å². The molecule has 0 nitrogen and oxygen atoms in total. The minimum atomic E-state index is 0.361. The maximum atomic E-state index is 7.33. The molecule has 1 unspecified atom stereocenters. The number of rotatable bonds is 3. The Morgan fingerprint density at radius 3 is 2.82 bits per heavy atom. The highest BCUT2D eigenvalue weighted by molar-refractivity contribution is 5.14. The summed E-state index contributed by atoms with van der Waals surface area (Å²) in [5, 5.41) is 0. The largest absolute Gasteiger partial charge is 0.0651 e. The van der Waals surface area contributed by atoms with Gasteiger partial charge in [-0.3, -0.25) is 0 Å². The first-order valence-corrected chi connectivity index (χ1v) is 3.99. The molecule has 0 N–H and O–H groups in total. The Hall–Kier alpha value is -0.780. The maximum absolute atomic E-state index is 7.33. The van der Waals surface area contributed by atoms with Crippen LogP contribution in [0.25, 0.3) is 0 Å². The molecule has 60 valence electrons. The van der Waals surface area contributed by atoms with Crippen LogP contribution in [-0.2, 0) is 6.42 Å². The molecular weight excluding hydrogens is 132 g/mol. The second-order valence-electron chi connectivity index (χ2n) is 2.84. The van der Waals surface area contributed by atoms with E-state index < -0.39 is 0 Å². The summed E-state index contributed by atoms with van der Waals surface area (Å²) in [5.74, 6) is 0.361. The highest BCUT2D eigenvalue weighted by atomic mass is 14.0. The van der Waals surface area contributed by atoms with Gasteiger partial charge in [-0.2, -0.15) is 0 Å². The minimum absolute atomic E-state index is 0.361. The second kappa shape index (κ2) is 4.17. The Bertz CT molecular complexity index is 221. The lowest BCUT2D eigenvalue weighted by Crippen LogP contribution is -1.96. The lowest BCUT2D eigenvalue weighted by molar-refractivity contribution is 0.560. The molecule has 1 rings (SSSR count). The van der Waals surface area contributed by atoms with Crippen molar-refractivity contribution in [1.29, 1.82) is 0 Å². The lowest BCUT2D eigenvalue weighted by Gasteiger charge is -2.06. The molecule has 1 atom stereocenters. The van der Waals surface area contributed by atoms with Gasteiger partial charge in [0.1, 0.15) is 0 Å². The molecule has 0 amide bonds. The molecule has 0 aliphatic carbocycles. The third kappa shape index (κ3) is 2.75. The van der Waals surface area contributed by atoms with Crippen LogP contribution in [0, 0.1) is 5.92 Å².